The van der Waals surface area contributed by atoms with Gasteiger partial charge in [0.1, 0.15) is 5.82 Å². The third kappa shape index (κ3) is 2.26. The second-order valence-electron chi connectivity index (χ2n) is 4.57. The Labute approximate surface area is 130 Å². The van der Waals surface area contributed by atoms with Gasteiger partial charge in [-0.3, -0.25) is 9.36 Å². The first kappa shape index (κ1) is 13.9. The molecule has 1 heterocycles. The maximum atomic E-state index is 12.6. The van der Waals surface area contributed by atoms with Crippen molar-refractivity contribution < 1.29 is 5.11 Å². The molecule has 106 valence electrons. The van der Waals surface area contributed by atoms with E-state index in [9.17, 15) is 9.90 Å². The molecule has 0 spiro atoms. The summed E-state index contributed by atoms with van der Waals surface area (Å²) in [6.45, 7) is 1.72. The average Bonchev–Trinajstić information content (AvgIpc) is 2.44. The fourth-order valence-corrected chi connectivity index (χ4v) is 2.70. The SMILES string of the molecule is Cc1nc2ccccc2c(=O)n1-c1cc(Cl)c(O)c(Cl)c1. The largest absolute Gasteiger partial charge is 0.505 e. The number of rotatable bonds is 1. The second-order valence-corrected chi connectivity index (χ2v) is 5.39. The zero-order valence-corrected chi connectivity index (χ0v) is 12.5. The van der Waals surface area contributed by atoms with Crippen LogP contribution < -0.4 is 5.56 Å². The molecule has 0 amide bonds. The van der Waals surface area contributed by atoms with E-state index in [-0.39, 0.29) is 21.4 Å². The molecule has 21 heavy (non-hydrogen) atoms. The Hall–Kier alpha value is -2.04. The van der Waals surface area contributed by atoms with E-state index in [1.165, 1.54) is 16.7 Å². The number of aryl methyl sites for hydroxylation is 1. The molecule has 0 saturated heterocycles. The maximum Gasteiger partial charge on any atom is 0.265 e. The average molecular weight is 321 g/mol. The number of halogens is 2. The van der Waals surface area contributed by atoms with E-state index < -0.39 is 0 Å². The number of nitrogens with zero attached hydrogens (tertiary/aromatic N) is 2. The second kappa shape index (κ2) is 5.06. The van der Waals surface area contributed by atoms with Crippen molar-refractivity contribution in [1.82, 2.24) is 9.55 Å². The van der Waals surface area contributed by atoms with E-state index in [0.717, 1.165) is 0 Å². The Morgan fingerprint density at radius 2 is 1.76 bits per heavy atom. The maximum absolute atomic E-state index is 12.6. The number of benzene rings is 2. The van der Waals surface area contributed by atoms with Crippen LogP contribution in [0.1, 0.15) is 5.82 Å². The lowest BCUT2D eigenvalue weighted by atomic mass is 10.2. The fourth-order valence-electron chi connectivity index (χ4n) is 2.23. The zero-order valence-electron chi connectivity index (χ0n) is 11.0. The molecule has 0 unspecified atom stereocenters. The number of hydrogen-bond donors (Lipinski definition) is 1. The molecule has 3 aromatic rings. The Morgan fingerprint density at radius 3 is 2.43 bits per heavy atom. The van der Waals surface area contributed by atoms with Crippen molar-refractivity contribution in [3.8, 4) is 11.4 Å². The van der Waals surface area contributed by atoms with E-state index >= 15 is 0 Å². The van der Waals surface area contributed by atoms with Crippen molar-refractivity contribution in [2.45, 2.75) is 6.92 Å². The first-order valence-electron chi connectivity index (χ1n) is 6.16. The van der Waals surface area contributed by atoms with Crippen LogP contribution in [-0.4, -0.2) is 14.7 Å². The van der Waals surface area contributed by atoms with Gasteiger partial charge in [0.05, 0.1) is 26.6 Å². The first-order chi connectivity index (χ1) is 9.99. The molecule has 2 aromatic carbocycles. The molecular formula is C15H10Cl2N2O2. The molecule has 0 aliphatic rings. The van der Waals surface area contributed by atoms with Crippen molar-refractivity contribution in [2.24, 2.45) is 0 Å². The lowest BCUT2D eigenvalue weighted by Crippen LogP contribution is -2.22. The lowest BCUT2D eigenvalue weighted by Gasteiger charge is -2.12. The molecule has 1 aromatic heterocycles. The van der Waals surface area contributed by atoms with Crippen LogP contribution in [0.5, 0.6) is 5.75 Å². The topological polar surface area (TPSA) is 55.1 Å². The standard InChI is InChI=1S/C15H10Cl2N2O2/c1-8-18-13-5-3-2-4-10(13)15(21)19(8)9-6-11(16)14(20)12(17)7-9/h2-7,20H,1H3. The molecule has 0 aliphatic carbocycles. The number of fused-ring (bicyclic) bond motifs is 1. The van der Waals surface area contributed by atoms with E-state index in [0.29, 0.717) is 22.4 Å². The quantitative estimate of drug-likeness (QED) is 0.743. The van der Waals surface area contributed by atoms with Gasteiger partial charge in [-0.15, -0.1) is 0 Å². The van der Waals surface area contributed by atoms with Crippen LogP contribution in [0.15, 0.2) is 41.2 Å². The van der Waals surface area contributed by atoms with Gasteiger partial charge in [0, 0.05) is 0 Å². The zero-order chi connectivity index (χ0) is 15.1. The van der Waals surface area contributed by atoms with E-state index in [1.54, 1.807) is 25.1 Å². The Morgan fingerprint density at radius 1 is 1.14 bits per heavy atom. The van der Waals surface area contributed by atoms with Gasteiger partial charge in [-0.1, -0.05) is 35.3 Å². The molecule has 4 nitrogen and oxygen atoms in total. The van der Waals surface area contributed by atoms with Crippen LogP contribution >= 0.6 is 23.2 Å². The number of para-hydroxylation sites is 1. The van der Waals surface area contributed by atoms with E-state index in [4.69, 9.17) is 23.2 Å². The van der Waals surface area contributed by atoms with Crippen LogP contribution in [0.2, 0.25) is 10.0 Å². The highest BCUT2D eigenvalue weighted by atomic mass is 35.5. The van der Waals surface area contributed by atoms with Gasteiger partial charge in [-0.2, -0.15) is 0 Å². The van der Waals surface area contributed by atoms with Crippen molar-refractivity contribution in [3.05, 3.63) is 62.6 Å². The summed E-state index contributed by atoms with van der Waals surface area (Å²) in [5, 5.41) is 10.3. The fraction of sp³-hybridized carbons (Fsp3) is 0.0667. The minimum atomic E-state index is -0.212. The van der Waals surface area contributed by atoms with Crippen molar-refractivity contribution in [2.75, 3.05) is 0 Å². The van der Waals surface area contributed by atoms with Crippen LogP contribution in [-0.2, 0) is 0 Å². The molecule has 0 atom stereocenters. The lowest BCUT2D eigenvalue weighted by molar-refractivity contribution is 0.475. The molecule has 0 bridgehead atoms. The van der Waals surface area contributed by atoms with Gasteiger partial charge in [-0.25, -0.2) is 4.98 Å². The summed E-state index contributed by atoms with van der Waals surface area (Å²) in [6, 6.07) is 10.1. The molecule has 0 saturated carbocycles. The Kier molecular flexibility index (Phi) is 3.35. The molecule has 0 fully saturated rings. The van der Waals surface area contributed by atoms with Crippen LogP contribution in [0.4, 0.5) is 0 Å². The van der Waals surface area contributed by atoms with Crippen LogP contribution in [0.25, 0.3) is 16.6 Å². The third-order valence-corrected chi connectivity index (χ3v) is 3.78. The van der Waals surface area contributed by atoms with Gasteiger partial charge < -0.3 is 5.11 Å². The van der Waals surface area contributed by atoms with E-state index in [1.807, 2.05) is 6.07 Å². The summed E-state index contributed by atoms with van der Waals surface area (Å²) in [6.07, 6.45) is 0. The van der Waals surface area contributed by atoms with Crippen molar-refractivity contribution in [3.63, 3.8) is 0 Å². The highest BCUT2D eigenvalue weighted by molar-refractivity contribution is 6.37. The number of phenols is 1. The van der Waals surface area contributed by atoms with Gasteiger partial charge in [-0.05, 0) is 31.2 Å². The summed E-state index contributed by atoms with van der Waals surface area (Å²) < 4.78 is 1.42. The summed E-state index contributed by atoms with van der Waals surface area (Å²) >= 11 is 11.8. The summed E-state index contributed by atoms with van der Waals surface area (Å²) in [4.78, 5) is 17.0. The Balaban J connectivity index is 2.38. The van der Waals surface area contributed by atoms with Crippen LogP contribution in [0, 0.1) is 6.92 Å². The molecule has 3 rings (SSSR count). The summed E-state index contributed by atoms with van der Waals surface area (Å²) in [5.41, 5.74) is 0.881. The minimum absolute atomic E-state index is 0.0805. The van der Waals surface area contributed by atoms with Crippen molar-refractivity contribution >= 4 is 34.1 Å². The number of aromatic nitrogens is 2. The van der Waals surface area contributed by atoms with E-state index in [2.05, 4.69) is 4.98 Å². The number of aromatic hydroxyl groups is 1. The normalized spacial score (nSPS) is 11.0. The highest BCUT2D eigenvalue weighted by Crippen LogP contribution is 2.33. The molecule has 0 radical (unpaired) electrons. The van der Waals surface area contributed by atoms with Gasteiger partial charge >= 0.3 is 0 Å². The highest BCUT2D eigenvalue weighted by Gasteiger charge is 2.13. The summed E-state index contributed by atoms with van der Waals surface area (Å²) in [5.74, 6) is 0.304. The minimum Gasteiger partial charge on any atom is -0.505 e. The number of hydrogen-bond acceptors (Lipinski definition) is 3. The predicted octanol–water partition coefficient (Wildman–Crippen LogP) is 3.71. The number of phenolic OH excluding ortho intramolecular Hbond substituents is 1. The van der Waals surface area contributed by atoms with Crippen molar-refractivity contribution in [1.29, 1.82) is 0 Å². The van der Waals surface area contributed by atoms with Gasteiger partial charge in [0.2, 0.25) is 0 Å². The van der Waals surface area contributed by atoms with Crippen LogP contribution in [0.3, 0.4) is 0 Å². The summed E-state index contributed by atoms with van der Waals surface area (Å²) in [7, 11) is 0. The first-order valence-corrected chi connectivity index (χ1v) is 6.91. The molecular weight excluding hydrogens is 311 g/mol. The molecule has 1 N–H and O–H groups in total. The molecule has 0 aliphatic heterocycles. The van der Waals surface area contributed by atoms with Gasteiger partial charge in [0.15, 0.2) is 5.75 Å². The third-order valence-electron chi connectivity index (χ3n) is 3.20. The predicted molar refractivity (Wildman–Crippen MR) is 83.8 cm³/mol. The molecule has 6 heteroatoms. The van der Waals surface area contributed by atoms with Gasteiger partial charge in [0.25, 0.3) is 5.56 Å². The Bertz CT molecular complexity index is 896. The smallest absolute Gasteiger partial charge is 0.265 e. The monoisotopic (exact) mass is 320 g/mol.